The van der Waals surface area contributed by atoms with Crippen molar-refractivity contribution in [2.75, 3.05) is 43.9 Å². The van der Waals surface area contributed by atoms with Crippen LogP contribution in [0.3, 0.4) is 0 Å². The van der Waals surface area contributed by atoms with E-state index in [1.54, 1.807) is 17.0 Å². The number of carbonyl (C=O) groups excluding carboxylic acids is 1. The lowest BCUT2D eigenvalue weighted by atomic mass is 10.2. The van der Waals surface area contributed by atoms with E-state index in [1.165, 1.54) is 12.1 Å². The topological polar surface area (TPSA) is 73.4 Å². The van der Waals surface area contributed by atoms with E-state index >= 15 is 0 Å². The van der Waals surface area contributed by atoms with Crippen LogP contribution in [-0.4, -0.2) is 59.0 Å². The van der Waals surface area contributed by atoms with Crippen molar-refractivity contribution >= 4 is 23.5 Å². The molecule has 1 aromatic carbocycles. The van der Waals surface area contributed by atoms with Gasteiger partial charge in [-0.05, 0) is 43.4 Å². The number of likely N-dealkylation sites (N-methyl/N-ethyl adjacent to an activating group) is 1. The van der Waals surface area contributed by atoms with Crippen molar-refractivity contribution in [1.29, 1.82) is 0 Å². The van der Waals surface area contributed by atoms with Crippen LogP contribution >= 0.6 is 0 Å². The normalized spacial score (nSPS) is 16.6. The van der Waals surface area contributed by atoms with Gasteiger partial charge in [0.05, 0.1) is 0 Å². The fraction of sp³-hybridized carbons (Fsp3) is 0.450. The summed E-state index contributed by atoms with van der Waals surface area (Å²) in [6.45, 7) is 3.04. The van der Waals surface area contributed by atoms with Crippen LogP contribution in [-0.2, 0) is 0 Å². The number of amides is 2. The molecule has 2 N–H and O–H groups in total. The summed E-state index contributed by atoms with van der Waals surface area (Å²) < 4.78 is 13.4. The first kappa shape index (κ1) is 18.5. The highest BCUT2D eigenvalue weighted by molar-refractivity contribution is 5.76. The van der Waals surface area contributed by atoms with Crippen molar-refractivity contribution in [3.8, 4) is 0 Å². The van der Waals surface area contributed by atoms with Crippen LogP contribution in [0.25, 0.3) is 0 Å². The lowest BCUT2D eigenvalue weighted by Gasteiger charge is -2.17. The van der Waals surface area contributed by atoms with Crippen molar-refractivity contribution < 1.29 is 9.18 Å². The average Bonchev–Trinajstić information content (AvgIpc) is 3.47. The first-order valence-corrected chi connectivity index (χ1v) is 9.73. The lowest BCUT2D eigenvalue weighted by molar-refractivity contribution is 0.198. The Morgan fingerprint density at radius 3 is 2.86 bits per heavy atom. The van der Waals surface area contributed by atoms with Gasteiger partial charge in [0.1, 0.15) is 11.6 Å². The molecule has 1 aromatic heterocycles. The molecule has 0 bridgehead atoms. The van der Waals surface area contributed by atoms with Gasteiger partial charge in [-0.15, -0.1) is 0 Å². The minimum absolute atomic E-state index is 0.0993. The van der Waals surface area contributed by atoms with E-state index in [0.717, 1.165) is 56.8 Å². The number of urea groups is 1. The van der Waals surface area contributed by atoms with Gasteiger partial charge < -0.3 is 20.4 Å². The number of hydrogen-bond donors (Lipinski definition) is 2. The molecule has 2 fully saturated rings. The maximum atomic E-state index is 13.4. The minimum atomic E-state index is -0.306. The van der Waals surface area contributed by atoms with Crippen molar-refractivity contribution in [3.05, 3.63) is 41.8 Å². The molecule has 1 saturated heterocycles. The van der Waals surface area contributed by atoms with Crippen LogP contribution in [0.15, 0.2) is 30.5 Å². The average molecular weight is 384 g/mol. The van der Waals surface area contributed by atoms with Gasteiger partial charge in [0.2, 0.25) is 5.95 Å². The van der Waals surface area contributed by atoms with Crippen LogP contribution in [0.5, 0.6) is 0 Å². The number of aromatic nitrogens is 2. The van der Waals surface area contributed by atoms with Crippen LogP contribution in [0.2, 0.25) is 0 Å². The molecule has 0 radical (unpaired) electrons. The highest BCUT2D eigenvalue weighted by Gasteiger charge is 2.28. The van der Waals surface area contributed by atoms with Gasteiger partial charge >= 0.3 is 6.03 Å². The summed E-state index contributed by atoms with van der Waals surface area (Å²) in [4.78, 5) is 24.6. The summed E-state index contributed by atoms with van der Waals surface area (Å²) in [6.07, 6.45) is 5.01. The predicted octanol–water partition coefficient (Wildman–Crippen LogP) is 3.41. The molecule has 2 aliphatic rings. The third kappa shape index (κ3) is 4.32. The van der Waals surface area contributed by atoms with Crippen molar-refractivity contribution in [2.24, 2.45) is 0 Å². The molecule has 1 aliphatic carbocycles. The molecule has 28 heavy (non-hydrogen) atoms. The highest BCUT2D eigenvalue weighted by atomic mass is 19.1. The number of nitrogens with one attached hydrogen (secondary N) is 2. The number of carbonyl (C=O) groups is 1. The van der Waals surface area contributed by atoms with Gasteiger partial charge in [-0.25, -0.2) is 14.2 Å². The molecule has 1 aliphatic heterocycles. The van der Waals surface area contributed by atoms with Gasteiger partial charge in [-0.1, -0.05) is 6.07 Å². The maximum absolute atomic E-state index is 13.4. The van der Waals surface area contributed by atoms with E-state index in [-0.39, 0.29) is 11.8 Å². The van der Waals surface area contributed by atoms with Crippen LogP contribution in [0.4, 0.5) is 26.6 Å². The van der Waals surface area contributed by atoms with Crippen LogP contribution < -0.4 is 10.6 Å². The Hall–Kier alpha value is -2.90. The zero-order valence-electron chi connectivity index (χ0n) is 16.0. The summed E-state index contributed by atoms with van der Waals surface area (Å²) in [7, 11) is 1.83. The second kappa shape index (κ2) is 8.00. The van der Waals surface area contributed by atoms with Crippen molar-refractivity contribution in [3.63, 3.8) is 0 Å². The van der Waals surface area contributed by atoms with Gasteiger partial charge in [0.15, 0.2) is 0 Å². The molecular formula is C20H25FN6O. The quantitative estimate of drug-likeness (QED) is 0.683. The Morgan fingerprint density at radius 2 is 2.14 bits per heavy atom. The molecule has 0 unspecified atom stereocenters. The molecule has 8 heteroatoms. The number of anilines is 3. The summed E-state index contributed by atoms with van der Waals surface area (Å²) in [5.41, 5.74) is 1.74. The predicted molar refractivity (Wildman–Crippen MR) is 106 cm³/mol. The molecule has 2 amide bonds. The Bertz CT molecular complexity index is 856. The van der Waals surface area contributed by atoms with E-state index in [9.17, 15) is 9.18 Å². The molecule has 2 heterocycles. The fourth-order valence-corrected chi connectivity index (χ4v) is 3.37. The Morgan fingerprint density at radius 1 is 1.29 bits per heavy atom. The Balaban J connectivity index is 1.38. The smallest absolute Gasteiger partial charge is 0.319 e. The SMILES string of the molecule is CN1CCN(CCCNc2nc(Nc3cccc(F)c3)ncc2C2CC2)C1=O. The molecule has 1 saturated carbocycles. The molecule has 148 valence electrons. The maximum Gasteiger partial charge on any atom is 0.319 e. The van der Waals surface area contributed by atoms with E-state index in [1.807, 2.05) is 18.1 Å². The zero-order valence-corrected chi connectivity index (χ0v) is 16.0. The number of rotatable bonds is 8. The molecule has 0 atom stereocenters. The second-order valence-electron chi connectivity index (χ2n) is 7.38. The number of nitrogens with zero attached hydrogens (tertiary/aromatic N) is 4. The van der Waals surface area contributed by atoms with E-state index in [4.69, 9.17) is 0 Å². The van der Waals surface area contributed by atoms with Gasteiger partial charge in [0.25, 0.3) is 0 Å². The lowest BCUT2D eigenvalue weighted by Crippen LogP contribution is -2.31. The highest BCUT2D eigenvalue weighted by Crippen LogP contribution is 2.42. The first-order valence-electron chi connectivity index (χ1n) is 9.73. The number of halogens is 1. The molecular weight excluding hydrogens is 359 g/mol. The van der Waals surface area contributed by atoms with E-state index < -0.39 is 0 Å². The standard InChI is InChI=1S/C20H25FN6O/c1-26-10-11-27(20(26)28)9-3-8-22-18-17(14-6-7-14)13-23-19(25-18)24-16-5-2-4-15(21)12-16/h2,4-5,12-14H,3,6-11H2,1H3,(H2,22,23,24,25). The fourth-order valence-electron chi connectivity index (χ4n) is 3.37. The molecule has 4 rings (SSSR count). The van der Waals surface area contributed by atoms with Gasteiger partial charge in [0, 0.05) is 50.7 Å². The first-order chi connectivity index (χ1) is 13.6. The zero-order chi connectivity index (χ0) is 19.5. The summed E-state index contributed by atoms with van der Waals surface area (Å²) in [5.74, 6) is 1.47. The third-order valence-corrected chi connectivity index (χ3v) is 5.11. The van der Waals surface area contributed by atoms with Crippen LogP contribution in [0, 0.1) is 5.82 Å². The number of benzene rings is 1. The summed E-state index contributed by atoms with van der Waals surface area (Å²) in [5, 5.41) is 6.46. The summed E-state index contributed by atoms with van der Waals surface area (Å²) >= 11 is 0. The Labute approximate surface area is 164 Å². The molecule has 2 aromatic rings. The van der Waals surface area contributed by atoms with E-state index in [2.05, 4.69) is 20.6 Å². The second-order valence-corrected chi connectivity index (χ2v) is 7.38. The van der Waals surface area contributed by atoms with Crippen LogP contribution in [0.1, 0.15) is 30.7 Å². The molecule has 7 nitrogen and oxygen atoms in total. The van der Waals surface area contributed by atoms with Crippen molar-refractivity contribution in [2.45, 2.75) is 25.2 Å². The van der Waals surface area contributed by atoms with Gasteiger partial charge in [-0.3, -0.25) is 0 Å². The summed E-state index contributed by atoms with van der Waals surface area (Å²) in [6, 6.07) is 6.33. The largest absolute Gasteiger partial charge is 0.370 e. The monoisotopic (exact) mass is 384 g/mol. The Kier molecular flexibility index (Phi) is 5.27. The minimum Gasteiger partial charge on any atom is -0.370 e. The molecule has 0 spiro atoms. The third-order valence-electron chi connectivity index (χ3n) is 5.11. The van der Waals surface area contributed by atoms with Gasteiger partial charge in [-0.2, -0.15) is 4.98 Å². The van der Waals surface area contributed by atoms with E-state index in [0.29, 0.717) is 17.6 Å². The van der Waals surface area contributed by atoms with Crippen molar-refractivity contribution in [1.82, 2.24) is 19.8 Å². The number of hydrogen-bond acceptors (Lipinski definition) is 5.